The normalized spacial score (nSPS) is 22.8. The largest absolute Gasteiger partial charge is 0.454 e. The van der Waals surface area contributed by atoms with Gasteiger partial charge in [0, 0.05) is 20.1 Å². The van der Waals surface area contributed by atoms with E-state index in [2.05, 4.69) is 12.2 Å². The first-order valence-corrected chi connectivity index (χ1v) is 7.43. The number of benzene rings is 1. The molecular formula is C16H23ClN2O3. The standard InChI is InChI=1S/C16H22N2O3.ClH/c1-16(6-3-7-17-10-16)15(19)18(2)9-12-4-5-13-14(8-12)21-11-20-13;/h4-5,8,17H,3,6-7,9-11H2,1-2H3;1H. The quantitative estimate of drug-likeness (QED) is 0.925. The molecule has 5 nitrogen and oxygen atoms in total. The van der Waals surface area contributed by atoms with E-state index in [9.17, 15) is 4.79 Å². The number of fused-ring (bicyclic) bond motifs is 1. The first kappa shape index (κ1) is 16.9. The van der Waals surface area contributed by atoms with Crippen LogP contribution in [0, 0.1) is 5.41 Å². The van der Waals surface area contributed by atoms with Crippen LogP contribution in [-0.4, -0.2) is 37.7 Å². The van der Waals surface area contributed by atoms with E-state index in [0.29, 0.717) is 6.54 Å². The lowest BCUT2D eigenvalue weighted by Gasteiger charge is -2.36. The highest BCUT2D eigenvalue weighted by atomic mass is 35.5. The third-order valence-electron chi connectivity index (χ3n) is 4.32. The molecule has 2 aliphatic rings. The molecule has 0 bridgehead atoms. The minimum absolute atomic E-state index is 0. The Labute approximate surface area is 137 Å². The van der Waals surface area contributed by atoms with Crippen LogP contribution in [-0.2, 0) is 11.3 Å². The van der Waals surface area contributed by atoms with Gasteiger partial charge in [-0.2, -0.15) is 0 Å². The average molecular weight is 327 g/mol. The van der Waals surface area contributed by atoms with Crippen molar-refractivity contribution in [1.29, 1.82) is 0 Å². The van der Waals surface area contributed by atoms with Crippen molar-refractivity contribution in [1.82, 2.24) is 10.2 Å². The third-order valence-corrected chi connectivity index (χ3v) is 4.32. The van der Waals surface area contributed by atoms with Crippen LogP contribution in [0.4, 0.5) is 0 Å². The number of nitrogens with zero attached hydrogens (tertiary/aromatic N) is 1. The molecule has 0 radical (unpaired) electrons. The maximum Gasteiger partial charge on any atom is 0.231 e. The monoisotopic (exact) mass is 326 g/mol. The van der Waals surface area contributed by atoms with Gasteiger partial charge >= 0.3 is 0 Å². The molecule has 6 heteroatoms. The van der Waals surface area contributed by atoms with E-state index < -0.39 is 0 Å². The summed E-state index contributed by atoms with van der Waals surface area (Å²) in [4.78, 5) is 14.5. The number of hydrogen-bond acceptors (Lipinski definition) is 4. The number of carbonyl (C=O) groups excluding carboxylic acids is 1. The molecule has 0 aliphatic carbocycles. The summed E-state index contributed by atoms with van der Waals surface area (Å²) < 4.78 is 10.7. The second-order valence-corrected chi connectivity index (χ2v) is 6.19. The minimum atomic E-state index is -0.288. The molecular weight excluding hydrogens is 304 g/mol. The lowest BCUT2D eigenvalue weighted by molar-refractivity contribution is -0.141. The fourth-order valence-corrected chi connectivity index (χ4v) is 3.08. The van der Waals surface area contributed by atoms with Crippen molar-refractivity contribution < 1.29 is 14.3 Å². The second kappa shape index (κ2) is 6.75. The Kier molecular flexibility index (Phi) is 5.19. The van der Waals surface area contributed by atoms with E-state index in [0.717, 1.165) is 43.0 Å². The highest BCUT2D eigenvalue weighted by molar-refractivity contribution is 5.85. The van der Waals surface area contributed by atoms with Gasteiger partial charge in [0.25, 0.3) is 0 Å². The SMILES string of the molecule is CN(Cc1ccc2c(c1)OCO2)C(=O)C1(C)CCCNC1.Cl. The molecule has 3 rings (SSSR count). The topological polar surface area (TPSA) is 50.8 Å². The number of ether oxygens (including phenoxy) is 2. The lowest BCUT2D eigenvalue weighted by atomic mass is 9.81. The Hall–Kier alpha value is -1.46. The summed E-state index contributed by atoms with van der Waals surface area (Å²) in [6, 6.07) is 5.84. The summed E-state index contributed by atoms with van der Waals surface area (Å²) in [5, 5.41) is 3.32. The van der Waals surface area contributed by atoms with Gasteiger partial charge in [0.15, 0.2) is 11.5 Å². The van der Waals surface area contributed by atoms with Crippen LogP contribution in [0.15, 0.2) is 18.2 Å². The first-order chi connectivity index (χ1) is 10.1. The maximum atomic E-state index is 12.7. The highest BCUT2D eigenvalue weighted by Gasteiger charge is 2.36. The van der Waals surface area contributed by atoms with Crippen LogP contribution in [0.3, 0.4) is 0 Å². The van der Waals surface area contributed by atoms with Gasteiger partial charge in [-0.05, 0) is 44.0 Å². The van der Waals surface area contributed by atoms with Crippen LogP contribution in [0.25, 0.3) is 0 Å². The van der Waals surface area contributed by atoms with E-state index in [1.165, 1.54) is 0 Å². The maximum absolute atomic E-state index is 12.7. The number of nitrogens with one attached hydrogen (secondary N) is 1. The molecule has 1 aromatic rings. The number of rotatable bonds is 3. The van der Waals surface area contributed by atoms with Crippen molar-refractivity contribution in [2.75, 3.05) is 26.9 Å². The molecule has 1 amide bonds. The smallest absolute Gasteiger partial charge is 0.231 e. The Morgan fingerprint density at radius 2 is 2.14 bits per heavy atom. The summed E-state index contributed by atoms with van der Waals surface area (Å²) in [5.74, 6) is 1.74. The summed E-state index contributed by atoms with van der Waals surface area (Å²) >= 11 is 0. The van der Waals surface area contributed by atoms with E-state index in [1.807, 2.05) is 30.1 Å². The van der Waals surface area contributed by atoms with E-state index in [-0.39, 0.29) is 30.5 Å². The molecule has 0 saturated carbocycles. The second-order valence-electron chi connectivity index (χ2n) is 6.19. The van der Waals surface area contributed by atoms with Gasteiger partial charge in [-0.1, -0.05) is 6.07 Å². The molecule has 1 N–H and O–H groups in total. The number of amides is 1. The van der Waals surface area contributed by atoms with Crippen molar-refractivity contribution in [3.8, 4) is 11.5 Å². The van der Waals surface area contributed by atoms with Crippen LogP contribution in [0.1, 0.15) is 25.3 Å². The molecule has 122 valence electrons. The first-order valence-electron chi connectivity index (χ1n) is 7.43. The van der Waals surface area contributed by atoms with E-state index in [1.54, 1.807) is 0 Å². The highest BCUT2D eigenvalue weighted by Crippen LogP contribution is 2.33. The molecule has 0 aromatic heterocycles. The van der Waals surface area contributed by atoms with Crippen LogP contribution >= 0.6 is 12.4 Å². The van der Waals surface area contributed by atoms with Gasteiger partial charge in [-0.25, -0.2) is 0 Å². The van der Waals surface area contributed by atoms with Gasteiger partial charge in [-0.3, -0.25) is 4.79 Å². The van der Waals surface area contributed by atoms with Gasteiger partial charge in [0.05, 0.1) is 5.41 Å². The number of carbonyl (C=O) groups is 1. The lowest BCUT2D eigenvalue weighted by Crippen LogP contribution is -2.48. The molecule has 2 aliphatic heterocycles. The molecule has 1 atom stereocenters. The zero-order chi connectivity index (χ0) is 14.9. The molecule has 1 saturated heterocycles. The summed E-state index contributed by atoms with van der Waals surface area (Å²) in [7, 11) is 1.87. The molecule has 2 heterocycles. The summed E-state index contributed by atoms with van der Waals surface area (Å²) in [5.41, 5.74) is 0.769. The predicted octanol–water partition coefficient (Wildman–Crippen LogP) is 2.19. The van der Waals surface area contributed by atoms with Gasteiger partial charge < -0.3 is 19.7 Å². The zero-order valence-electron chi connectivity index (χ0n) is 13.1. The van der Waals surface area contributed by atoms with Crippen molar-refractivity contribution in [2.24, 2.45) is 5.41 Å². The Balaban J connectivity index is 0.00000176. The van der Waals surface area contributed by atoms with Crippen molar-refractivity contribution in [3.05, 3.63) is 23.8 Å². The fourth-order valence-electron chi connectivity index (χ4n) is 3.08. The predicted molar refractivity (Wildman–Crippen MR) is 86.5 cm³/mol. The van der Waals surface area contributed by atoms with E-state index >= 15 is 0 Å². The average Bonchev–Trinajstić information content (AvgIpc) is 2.94. The van der Waals surface area contributed by atoms with Gasteiger partial charge in [-0.15, -0.1) is 12.4 Å². The van der Waals surface area contributed by atoms with Crippen molar-refractivity contribution >= 4 is 18.3 Å². The number of halogens is 1. The van der Waals surface area contributed by atoms with Crippen molar-refractivity contribution in [3.63, 3.8) is 0 Å². The molecule has 1 aromatic carbocycles. The summed E-state index contributed by atoms with van der Waals surface area (Å²) in [6.07, 6.45) is 2.00. The molecule has 1 fully saturated rings. The van der Waals surface area contributed by atoms with Gasteiger partial charge in [0.2, 0.25) is 12.7 Å². The Morgan fingerprint density at radius 3 is 2.86 bits per heavy atom. The van der Waals surface area contributed by atoms with Gasteiger partial charge in [0.1, 0.15) is 0 Å². The molecule has 1 unspecified atom stereocenters. The molecule has 22 heavy (non-hydrogen) atoms. The number of hydrogen-bond donors (Lipinski definition) is 1. The zero-order valence-corrected chi connectivity index (χ0v) is 13.9. The van der Waals surface area contributed by atoms with Crippen molar-refractivity contribution in [2.45, 2.75) is 26.3 Å². The van der Waals surface area contributed by atoms with Crippen LogP contribution in [0.5, 0.6) is 11.5 Å². The van der Waals surface area contributed by atoms with Crippen LogP contribution in [0.2, 0.25) is 0 Å². The molecule has 0 spiro atoms. The third kappa shape index (κ3) is 3.31. The number of piperidine rings is 1. The fraction of sp³-hybridized carbons (Fsp3) is 0.562. The Bertz CT molecular complexity index is 544. The summed E-state index contributed by atoms with van der Waals surface area (Å²) in [6.45, 7) is 4.69. The van der Waals surface area contributed by atoms with E-state index in [4.69, 9.17) is 9.47 Å². The van der Waals surface area contributed by atoms with Crippen LogP contribution < -0.4 is 14.8 Å². The minimum Gasteiger partial charge on any atom is -0.454 e. The Morgan fingerprint density at radius 1 is 1.36 bits per heavy atom.